The van der Waals surface area contributed by atoms with E-state index in [1.807, 2.05) is 30.3 Å². The van der Waals surface area contributed by atoms with Gasteiger partial charge >= 0.3 is 0 Å². The van der Waals surface area contributed by atoms with E-state index < -0.39 is 0 Å². The molecule has 0 aliphatic carbocycles. The third-order valence-electron chi connectivity index (χ3n) is 2.93. The van der Waals surface area contributed by atoms with Crippen molar-refractivity contribution in [1.29, 1.82) is 0 Å². The van der Waals surface area contributed by atoms with Crippen LogP contribution in [0.5, 0.6) is 0 Å². The average molecular weight is 280 g/mol. The summed E-state index contributed by atoms with van der Waals surface area (Å²) in [5, 5.41) is 5.03. The van der Waals surface area contributed by atoms with Crippen LogP contribution in [0.4, 0.5) is 0 Å². The first-order valence-corrected chi connectivity index (χ1v) is 6.86. The Bertz CT molecular complexity index is 870. The van der Waals surface area contributed by atoms with Crippen molar-refractivity contribution < 1.29 is 4.52 Å². The van der Waals surface area contributed by atoms with Crippen LogP contribution >= 0.6 is 11.3 Å². The molecule has 0 aliphatic rings. The molecule has 0 saturated carbocycles. The smallest absolute Gasteiger partial charge is 0.258 e. The Balaban J connectivity index is 1.79. The topological polar surface area (TPSA) is 64.7 Å². The lowest BCUT2D eigenvalue weighted by Gasteiger charge is -1.98. The third-order valence-corrected chi connectivity index (χ3v) is 3.70. The molecular formula is C14H8N4OS. The maximum absolute atomic E-state index is 5.32. The van der Waals surface area contributed by atoms with Gasteiger partial charge in [-0.2, -0.15) is 4.98 Å². The highest BCUT2D eigenvalue weighted by atomic mass is 32.1. The van der Waals surface area contributed by atoms with Gasteiger partial charge in [-0.3, -0.25) is 9.97 Å². The zero-order chi connectivity index (χ0) is 13.4. The summed E-state index contributed by atoms with van der Waals surface area (Å²) in [6, 6.07) is 9.78. The molecule has 3 aromatic heterocycles. The predicted molar refractivity (Wildman–Crippen MR) is 76.1 cm³/mol. The van der Waals surface area contributed by atoms with Gasteiger partial charge in [0.2, 0.25) is 5.82 Å². The molecule has 0 radical (unpaired) electrons. The largest absolute Gasteiger partial charge is 0.334 e. The summed E-state index contributed by atoms with van der Waals surface area (Å²) in [6.07, 6.45) is 3.50. The molecule has 96 valence electrons. The maximum Gasteiger partial charge on any atom is 0.258 e. The van der Waals surface area contributed by atoms with E-state index >= 15 is 0 Å². The molecule has 0 N–H and O–H groups in total. The van der Waals surface area contributed by atoms with Gasteiger partial charge in [0, 0.05) is 23.3 Å². The highest BCUT2D eigenvalue weighted by molar-refractivity contribution is 7.13. The number of aromatic nitrogens is 4. The Kier molecular flexibility index (Phi) is 2.53. The Morgan fingerprint density at radius 2 is 2.15 bits per heavy atom. The van der Waals surface area contributed by atoms with Crippen molar-refractivity contribution in [2.75, 3.05) is 0 Å². The van der Waals surface area contributed by atoms with Gasteiger partial charge in [0.05, 0.1) is 15.9 Å². The number of fused-ring (bicyclic) bond motifs is 1. The molecule has 0 unspecified atom stereocenters. The van der Waals surface area contributed by atoms with Gasteiger partial charge in [-0.05, 0) is 24.3 Å². The number of hydrogen-bond donors (Lipinski definition) is 0. The van der Waals surface area contributed by atoms with E-state index in [1.165, 1.54) is 11.3 Å². The summed E-state index contributed by atoms with van der Waals surface area (Å²) in [5.41, 5.74) is 3.57. The fourth-order valence-corrected chi connectivity index (χ4v) is 2.52. The summed E-state index contributed by atoms with van der Waals surface area (Å²) >= 11 is 1.48. The van der Waals surface area contributed by atoms with E-state index in [0.717, 1.165) is 21.3 Å². The normalized spacial score (nSPS) is 11.0. The monoisotopic (exact) mass is 280 g/mol. The van der Waals surface area contributed by atoms with Crippen molar-refractivity contribution in [3.05, 3.63) is 48.2 Å². The molecule has 0 aliphatic heterocycles. The summed E-state index contributed by atoms with van der Waals surface area (Å²) < 4.78 is 5.32. The van der Waals surface area contributed by atoms with E-state index in [-0.39, 0.29) is 0 Å². The number of rotatable bonds is 2. The van der Waals surface area contributed by atoms with Crippen molar-refractivity contribution in [3.63, 3.8) is 0 Å². The molecule has 20 heavy (non-hydrogen) atoms. The fraction of sp³-hybridized carbons (Fsp3) is 0. The van der Waals surface area contributed by atoms with E-state index in [9.17, 15) is 0 Å². The van der Waals surface area contributed by atoms with Crippen molar-refractivity contribution in [3.8, 4) is 22.2 Å². The minimum Gasteiger partial charge on any atom is -0.334 e. The molecule has 0 spiro atoms. The minimum atomic E-state index is 0.499. The molecule has 0 atom stereocenters. The van der Waals surface area contributed by atoms with Gasteiger partial charge in [-0.25, -0.2) is 0 Å². The second-order valence-electron chi connectivity index (χ2n) is 4.20. The van der Waals surface area contributed by atoms with Gasteiger partial charge < -0.3 is 4.52 Å². The van der Waals surface area contributed by atoms with Gasteiger partial charge in [0.15, 0.2) is 0 Å². The fourth-order valence-electron chi connectivity index (χ4n) is 1.98. The van der Waals surface area contributed by atoms with Crippen molar-refractivity contribution in [2.24, 2.45) is 0 Å². The number of hydrogen-bond acceptors (Lipinski definition) is 6. The lowest BCUT2D eigenvalue weighted by molar-refractivity contribution is 0.432. The van der Waals surface area contributed by atoms with E-state index in [4.69, 9.17) is 4.52 Å². The molecular weight excluding hydrogens is 272 g/mol. The van der Waals surface area contributed by atoms with E-state index in [0.29, 0.717) is 11.7 Å². The van der Waals surface area contributed by atoms with Crippen molar-refractivity contribution >= 4 is 22.2 Å². The summed E-state index contributed by atoms with van der Waals surface area (Å²) in [5.74, 6) is 1.06. The maximum atomic E-state index is 5.32. The third kappa shape index (κ3) is 1.86. The SMILES string of the molecule is c1cnc2ccc(-c3nc(-c4cncs4)no3)cc2c1. The first-order valence-electron chi connectivity index (χ1n) is 5.98. The molecule has 0 amide bonds. The van der Waals surface area contributed by atoms with Crippen LogP contribution in [0.25, 0.3) is 33.1 Å². The predicted octanol–water partition coefficient (Wildman–Crippen LogP) is 3.41. The standard InChI is InChI=1S/C14H8N4OS/c1-2-9-6-10(3-4-11(9)16-5-1)14-17-13(18-19-14)12-7-15-8-20-12/h1-8H. The zero-order valence-electron chi connectivity index (χ0n) is 10.2. The number of thiazole rings is 1. The lowest BCUT2D eigenvalue weighted by atomic mass is 10.1. The first kappa shape index (κ1) is 11.2. The highest BCUT2D eigenvalue weighted by Crippen LogP contribution is 2.26. The van der Waals surface area contributed by atoms with Crippen molar-refractivity contribution in [1.82, 2.24) is 20.1 Å². The van der Waals surface area contributed by atoms with Crippen LogP contribution in [0.1, 0.15) is 0 Å². The molecule has 0 saturated heterocycles. The van der Waals surface area contributed by atoms with E-state index in [2.05, 4.69) is 20.1 Å². The Morgan fingerprint density at radius 1 is 1.15 bits per heavy atom. The molecule has 4 rings (SSSR count). The van der Waals surface area contributed by atoms with Crippen LogP contribution in [0.2, 0.25) is 0 Å². The van der Waals surface area contributed by atoms with Gasteiger partial charge in [-0.1, -0.05) is 11.2 Å². The van der Waals surface area contributed by atoms with Crippen molar-refractivity contribution in [2.45, 2.75) is 0 Å². The van der Waals surface area contributed by atoms with Crippen LogP contribution in [0.15, 0.2) is 52.8 Å². The second kappa shape index (κ2) is 4.50. The van der Waals surface area contributed by atoms with Crippen LogP contribution in [-0.4, -0.2) is 20.1 Å². The molecule has 5 nitrogen and oxygen atoms in total. The summed E-state index contributed by atoms with van der Waals surface area (Å²) in [7, 11) is 0. The van der Waals surface area contributed by atoms with E-state index in [1.54, 1.807) is 17.9 Å². The second-order valence-corrected chi connectivity index (χ2v) is 5.09. The number of nitrogens with zero attached hydrogens (tertiary/aromatic N) is 4. The number of benzene rings is 1. The number of pyridine rings is 1. The summed E-state index contributed by atoms with van der Waals surface area (Å²) in [4.78, 5) is 13.6. The minimum absolute atomic E-state index is 0.499. The quantitative estimate of drug-likeness (QED) is 0.563. The molecule has 0 fully saturated rings. The molecule has 1 aromatic carbocycles. The molecule has 6 heteroatoms. The molecule has 0 bridgehead atoms. The summed E-state index contributed by atoms with van der Waals surface area (Å²) in [6.45, 7) is 0. The zero-order valence-corrected chi connectivity index (χ0v) is 11.0. The Morgan fingerprint density at radius 3 is 3.05 bits per heavy atom. The first-order chi connectivity index (χ1) is 9.90. The van der Waals surface area contributed by atoms with Gasteiger partial charge in [0.1, 0.15) is 0 Å². The lowest BCUT2D eigenvalue weighted by Crippen LogP contribution is -1.81. The molecule has 3 heterocycles. The van der Waals surface area contributed by atoms with Crippen LogP contribution in [-0.2, 0) is 0 Å². The van der Waals surface area contributed by atoms with Crippen LogP contribution in [0, 0.1) is 0 Å². The Labute approximate surface area is 117 Å². The van der Waals surface area contributed by atoms with Gasteiger partial charge in [-0.15, -0.1) is 11.3 Å². The van der Waals surface area contributed by atoms with Gasteiger partial charge in [0.25, 0.3) is 5.89 Å². The van der Waals surface area contributed by atoms with Crippen LogP contribution in [0.3, 0.4) is 0 Å². The average Bonchev–Trinajstić information content (AvgIpc) is 3.17. The van der Waals surface area contributed by atoms with Crippen LogP contribution < -0.4 is 0 Å². The highest BCUT2D eigenvalue weighted by Gasteiger charge is 2.12. The molecule has 4 aromatic rings. The Hall–Kier alpha value is -2.60.